The topological polar surface area (TPSA) is 41.6 Å². The fourth-order valence-electron chi connectivity index (χ4n) is 1.85. The van der Waals surface area contributed by atoms with Crippen molar-refractivity contribution in [2.75, 3.05) is 0 Å². The van der Waals surface area contributed by atoms with E-state index in [9.17, 15) is 0 Å². The molecule has 3 rings (SSSR count). The second-order valence-corrected chi connectivity index (χ2v) is 5.57. The number of para-hydroxylation sites is 2. The molecule has 18 heavy (non-hydrogen) atoms. The maximum Gasteiger partial charge on any atom is 0.157 e. The highest BCUT2D eigenvalue weighted by atomic mass is 79.9. The summed E-state index contributed by atoms with van der Waals surface area (Å²) in [6.45, 7) is 2.08. The molecule has 90 valence electrons. The Bertz CT molecular complexity index is 638. The predicted molar refractivity (Wildman–Crippen MR) is 76.7 cm³/mol. The molecule has 0 aliphatic heterocycles. The van der Waals surface area contributed by atoms with Gasteiger partial charge in [0.2, 0.25) is 0 Å². The number of pyridine rings is 1. The van der Waals surface area contributed by atoms with Gasteiger partial charge in [-0.15, -0.1) is 0 Å². The fourth-order valence-corrected chi connectivity index (χ4v) is 2.13. The summed E-state index contributed by atoms with van der Waals surface area (Å²) in [5, 5.41) is 0. The summed E-state index contributed by atoms with van der Waals surface area (Å²) in [6.07, 6.45) is 1.88. The number of H-pyrrole nitrogens is 1. The van der Waals surface area contributed by atoms with Crippen LogP contribution in [0.15, 0.2) is 42.6 Å². The van der Waals surface area contributed by atoms with Crippen LogP contribution in [0.25, 0.3) is 22.6 Å². The molecular weight excluding hydrogens is 290 g/mol. The molecule has 3 nitrogen and oxygen atoms in total. The Morgan fingerprint density at radius 1 is 1.17 bits per heavy atom. The minimum absolute atomic E-state index is 0.315. The molecule has 1 unspecified atom stereocenters. The highest BCUT2D eigenvalue weighted by Crippen LogP contribution is 2.23. The van der Waals surface area contributed by atoms with Crippen molar-refractivity contribution in [2.24, 2.45) is 0 Å². The standard InChI is InChI=1S/C14H12BrN3/c1-9(15)10-6-7-13(16-8-10)14-17-11-4-2-3-5-12(11)18-14/h2-9H,1H3,(H,17,18). The monoisotopic (exact) mass is 301 g/mol. The summed E-state index contributed by atoms with van der Waals surface area (Å²) in [5.74, 6) is 0.810. The Balaban J connectivity index is 2.03. The van der Waals surface area contributed by atoms with Crippen molar-refractivity contribution in [3.63, 3.8) is 0 Å². The quantitative estimate of drug-likeness (QED) is 0.725. The van der Waals surface area contributed by atoms with Crippen LogP contribution in [0.2, 0.25) is 0 Å². The minimum atomic E-state index is 0.315. The summed E-state index contributed by atoms with van der Waals surface area (Å²) >= 11 is 3.53. The molecule has 0 bridgehead atoms. The van der Waals surface area contributed by atoms with E-state index >= 15 is 0 Å². The number of halogens is 1. The minimum Gasteiger partial charge on any atom is -0.337 e. The zero-order valence-electron chi connectivity index (χ0n) is 9.89. The molecule has 1 N–H and O–H groups in total. The van der Waals surface area contributed by atoms with Crippen molar-refractivity contribution in [1.29, 1.82) is 0 Å². The average Bonchev–Trinajstić information content (AvgIpc) is 2.82. The highest BCUT2D eigenvalue weighted by molar-refractivity contribution is 9.09. The van der Waals surface area contributed by atoms with Crippen molar-refractivity contribution >= 4 is 27.0 Å². The molecule has 0 fully saturated rings. The van der Waals surface area contributed by atoms with E-state index in [0.717, 1.165) is 28.1 Å². The van der Waals surface area contributed by atoms with E-state index in [1.807, 2.05) is 36.5 Å². The summed E-state index contributed by atoms with van der Waals surface area (Å²) in [6, 6.07) is 12.0. The van der Waals surface area contributed by atoms with Gasteiger partial charge in [-0.05, 0) is 30.7 Å². The number of benzene rings is 1. The molecule has 0 saturated carbocycles. The summed E-state index contributed by atoms with van der Waals surface area (Å²) < 4.78 is 0. The van der Waals surface area contributed by atoms with Gasteiger partial charge in [0.15, 0.2) is 5.82 Å². The van der Waals surface area contributed by atoms with Gasteiger partial charge < -0.3 is 4.98 Å². The molecule has 0 aliphatic rings. The number of imidazole rings is 1. The number of nitrogens with one attached hydrogen (secondary N) is 1. The molecule has 0 amide bonds. The third kappa shape index (κ3) is 2.04. The van der Waals surface area contributed by atoms with Gasteiger partial charge in [0, 0.05) is 11.0 Å². The zero-order chi connectivity index (χ0) is 12.5. The number of rotatable bonds is 2. The van der Waals surface area contributed by atoms with E-state index in [1.165, 1.54) is 0 Å². The summed E-state index contributed by atoms with van der Waals surface area (Å²) in [5.41, 5.74) is 4.03. The second-order valence-electron chi connectivity index (χ2n) is 4.20. The van der Waals surface area contributed by atoms with E-state index in [4.69, 9.17) is 0 Å². The van der Waals surface area contributed by atoms with Crippen molar-refractivity contribution in [2.45, 2.75) is 11.8 Å². The van der Waals surface area contributed by atoms with E-state index < -0.39 is 0 Å². The number of nitrogens with zero attached hydrogens (tertiary/aromatic N) is 2. The molecule has 1 atom stereocenters. The molecule has 3 aromatic rings. The first-order valence-electron chi connectivity index (χ1n) is 5.79. The molecule has 1 aromatic carbocycles. The summed E-state index contributed by atoms with van der Waals surface area (Å²) in [7, 11) is 0. The number of aromatic nitrogens is 3. The number of alkyl halides is 1. The van der Waals surface area contributed by atoms with Crippen molar-refractivity contribution in [3.05, 3.63) is 48.2 Å². The van der Waals surface area contributed by atoms with Crippen LogP contribution >= 0.6 is 15.9 Å². The first-order valence-corrected chi connectivity index (χ1v) is 6.71. The lowest BCUT2D eigenvalue weighted by Gasteiger charge is -2.03. The average molecular weight is 302 g/mol. The Kier molecular flexibility index (Phi) is 2.88. The van der Waals surface area contributed by atoms with Gasteiger partial charge in [-0.3, -0.25) is 4.98 Å². The maximum atomic E-state index is 4.53. The largest absolute Gasteiger partial charge is 0.337 e. The highest BCUT2D eigenvalue weighted by Gasteiger charge is 2.07. The van der Waals surface area contributed by atoms with Gasteiger partial charge in [-0.25, -0.2) is 4.98 Å². The SMILES string of the molecule is CC(Br)c1ccc(-c2nc3ccccc3[nH]2)nc1. The predicted octanol–water partition coefficient (Wildman–Crippen LogP) is 4.08. The van der Waals surface area contributed by atoms with Gasteiger partial charge in [0.05, 0.1) is 11.0 Å². The number of fused-ring (bicyclic) bond motifs is 1. The molecule has 2 aromatic heterocycles. The third-order valence-electron chi connectivity index (χ3n) is 2.88. The maximum absolute atomic E-state index is 4.53. The molecule has 0 saturated heterocycles. The van der Waals surface area contributed by atoms with Gasteiger partial charge >= 0.3 is 0 Å². The van der Waals surface area contributed by atoms with Crippen molar-refractivity contribution < 1.29 is 0 Å². The Morgan fingerprint density at radius 2 is 2.00 bits per heavy atom. The van der Waals surface area contributed by atoms with Crippen LogP contribution in [0.3, 0.4) is 0 Å². The lowest BCUT2D eigenvalue weighted by molar-refractivity contribution is 1.09. The van der Waals surface area contributed by atoms with Gasteiger partial charge in [0.25, 0.3) is 0 Å². The smallest absolute Gasteiger partial charge is 0.157 e. The molecule has 0 radical (unpaired) electrons. The molecule has 2 heterocycles. The fraction of sp³-hybridized carbons (Fsp3) is 0.143. The number of hydrogen-bond donors (Lipinski definition) is 1. The van der Waals surface area contributed by atoms with Crippen LogP contribution in [0.4, 0.5) is 0 Å². The van der Waals surface area contributed by atoms with Crippen LogP contribution < -0.4 is 0 Å². The second kappa shape index (κ2) is 4.53. The van der Waals surface area contributed by atoms with Crippen LogP contribution in [-0.2, 0) is 0 Å². The number of hydrogen-bond acceptors (Lipinski definition) is 2. The first-order chi connectivity index (χ1) is 8.74. The van der Waals surface area contributed by atoms with Crippen LogP contribution in [0.5, 0.6) is 0 Å². The van der Waals surface area contributed by atoms with Crippen LogP contribution in [0, 0.1) is 0 Å². The Hall–Kier alpha value is -1.68. The van der Waals surface area contributed by atoms with Gasteiger partial charge in [-0.2, -0.15) is 0 Å². The molecular formula is C14H12BrN3. The molecule has 0 aliphatic carbocycles. The number of aromatic amines is 1. The van der Waals surface area contributed by atoms with Crippen molar-refractivity contribution in [1.82, 2.24) is 15.0 Å². The van der Waals surface area contributed by atoms with Gasteiger partial charge in [0.1, 0.15) is 5.69 Å². The molecule has 4 heteroatoms. The normalized spacial score (nSPS) is 12.8. The molecule has 0 spiro atoms. The third-order valence-corrected chi connectivity index (χ3v) is 3.41. The van der Waals surface area contributed by atoms with Gasteiger partial charge in [-0.1, -0.05) is 34.1 Å². The van der Waals surface area contributed by atoms with Crippen molar-refractivity contribution in [3.8, 4) is 11.5 Å². The Morgan fingerprint density at radius 3 is 2.67 bits per heavy atom. The Labute approximate surface area is 113 Å². The van der Waals surface area contributed by atoms with E-state index in [-0.39, 0.29) is 0 Å². The van der Waals surface area contributed by atoms with E-state index in [0.29, 0.717) is 4.83 Å². The van der Waals surface area contributed by atoms with E-state index in [2.05, 4.69) is 43.9 Å². The van der Waals surface area contributed by atoms with Crippen LogP contribution in [-0.4, -0.2) is 15.0 Å². The lowest BCUT2D eigenvalue weighted by atomic mass is 10.2. The van der Waals surface area contributed by atoms with Crippen LogP contribution in [0.1, 0.15) is 17.3 Å². The first kappa shape index (κ1) is 11.4. The van der Waals surface area contributed by atoms with E-state index in [1.54, 1.807) is 0 Å². The summed E-state index contributed by atoms with van der Waals surface area (Å²) in [4.78, 5) is 12.6. The zero-order valence-corrected chi connectivity index (χ0v) is 11.5. The lowest BCUT2D eigenvalue weighted by Crippen LogP contribution is -1.89.